The first-order chi connectivity index (χ1) is 11.8. The van der Waals surface area contributed by atoms with E-state index in [1.165, 1.54) is 7.11 Å². The van der Waals surface area contributed by atoms with Gasteiger partial charge in [0.1, 0.15) is 5.60 Å². The third-order valence-electron chi connectivity index (χ3n) is 4.59. The molecule has 0 spiro atoms. The molecule has 25 heavy (non-hydrogen) atoms. The Morgan fingerprint density at radius 3 is 2.44 bits per heavy atom. The van der Waals surface area contributed by atoms with Crippen LogP contribution < -0.4 is 0 Å². The second-order valence-electron chi connectivity index (χ2n) is 7.73. The number of hydrogen-bond acceptors (Lipinski definition) is 6. The molecule has 0 aromatic rings. The van der Waals surface area contributed by atoms with E-state index >= 15 is 0 Å². The van der Waals surface area contributed by atoms with E-state index in [9.17, 15) is 9.59 Å². The molecule has 0 bridgehead atoms. The number of methoxy groups -OCH3 is 1. The van der Waals surface area contributed by atoms with Gasteiger partial charge in [0.2, 0.25) is 0 Å². The van der Waals surface area contributed by atoms with E-state index < -0.39 is 5.60 Å². The molecule has 0 unspecified atom stereocenters. The molecule has 7 nitrogen and oxygen atoms in total. The molecule has 2 aliphatic rings. The quantitative estimate of drug-likeness (QED) is 0.719. The predicted molar refractivity (Wildman–Crippen MR) is 91.3 cm³/mol. The maximum atomic E-state index is 12.4. The van der Waals surface area contributed by atoms with E-state index in [1.807, 2.05) is 20.8 Å². The van der Waals surface area contributed by atoms with Crippen LogP contribution in [0.3, 0.4) is 0 Å². The number of esters is 1. The van der Waals surface area contributed by atoms with Crippen molar-refractivity contribution in [2.45, 2.75) is 64.2 Å². The molecule has 7 heteroatoms. The van der Waals surface area contributed by atoms with Gasteiger partial charge in [0.15, 0.2) is 0 Å². The van der Waals surface area contributed by atoms with Crippen LogP contribution >= 0.6 is 0 Å². The third-order valence-corrected chi connectivity index (χ3v) is 4.59. The second kappa shape index (κ2) is 8.85. The average molecular weight is 357 g/mol. The van der Waals surface area contributed by atoms with Crippen LogP contribution in [-0.2, 0) is 23.7 Å². The van der Waals surface area contributed by atoms with Crippen LogP contribution in [0.5, 0.6) is 0 Å². The van der Waals surface area contributed by atoms with Crippen molar-refractivity contribution >= 4 is 12.1 Å². The van der Waals surface area contributed by atoms with Crippen LogP contribution in [0, 0.1) is 5.92 Å². The summed E-state index contributed by atoms with van der Waals surface area (Å²) in [6.07, 6.45) is 3.03. The Kier molecular flexibility index (Phi) is 7.07. The summed E-state index contributed by atoms with van der Waals surface area (Å²) in [7, 11) is 1.43. The zero-order valence-corrected chi connectivity index (χ0v) is 15.8. The molecular weight excluding hydrogens is 326 g/mol. The predicted octanol–water partition coefficient (Wildman–Crippen LogP) is 2.37. The van der Waals surface area contributed by atoms with Gasteiger partial charge in [-0.05, 0) is 46.5 Å². The molecule has 2 rings (SSSR count). The molecule has 0 aromatic heterocycles. The Morgan fingerprint density at radius 2 is 1.84 bits per heavy atom. The van der Waals surface area contributed by atoms with Gasteiger partial charge in [-0.3, -0.25) is 9.69 Å². The lowest BCUT2D eigenvalue weighted by Crippen LogP contribution is -2.52. The largest absolute Gasteiger partial charge is 0.469 e. The second-order valence-corrected chi connectivity index (χ2v) is 7.73. The molecule has 1 aliphatic heterocycles. The summed E-state index contributed by atoms with van der Waals surface area (Å²) in [5.41, 5.74) is -0.521. The van der Waals surface area contributed by atoms with Crippen molar-refractivity contribution in [1.82, 2.24) is 4.90 Å². The Morgan fingerprint density at radius 1 is 1.16 bits per heavy atom. The smallest absolute Gasteiger partial charge is 0.410 e. The van der Waals surface area contributed by atoms with Crippen LogP contribution in [0.15, 0.2) is 0 Å². The fourth-order valence-electron chi connectivity index (χ4n) is 3.23. The normalized spacial score (nSPS) is 27.7. The monoisotopic (exact) mass is 357 g/mol. The van der Waals surface area contributed by atoms with Gasteiger partial charge in [-0.15, -0.1) is 0 Å². The molecular formula is C18H31NO6. The minimum absolute atomic E-state index is 0.0128. The highest BCUT2D eigenvalue weighted by Crippen LogP contribution is 2.27. The van der Waals surface area contributed by atoms with Gasteiger partial charge in [0.05, 0.1) is 45.0 Å². The van der Waals surface area contributed by atoms with E-state index in [0.717, 1.165) is 25.7 Å². The van der Waals surface area contributed by atoms with Crippen LogP contribution in [0.4, 0.5) is 4.79 Å². The van der Waals surface area contributed by atoms with E-state index in [2.05, 4.69) is 0 Å². The molecule has 144 valence electrons. The summed E-state index contributed by atoms with van der Waals surface area (Å²) in [5, 5.41) is 0. The van der Waals surface area contributed by atoms with Crippen LogP contribution in [0.2, 0.25) is 0 Å². The number of amides is 1. The molecule has 1 saturated carbocycles. The lowest BCUT2D eigenvalue weighted by atomic mass is 9.87. The first kappa shape index (κ1) is 20.0. The Bertz CT molecular complexity index is 453. The van der Waals surface area contributed by atoms with Crippen molar-refractivity contribution < 1.29 is 28.5 Å². The Labute approximate surface area is 149 Å². The molecule has 1 saturated heterocycles. The van der Waals surface area contributed by atoms with Gasteiger partial charge in [0, 0.05) is 6.54 Å². The van der Waals surface area contributed by atoms with Gasteiger partial charge in [0.25, 0.3) is 0 Å². The molecule has 1 amide bonds. The molecule has 0 aromatic carbocycles. The topological polar surface area (TPSA) is 74.3 Å². The molecule has 1 aliphatic carbocycles. The van der Waals surface area contributed by atoms with Crippen LogP contribution in [0.1, 0.15) is 46.5 Å². The third kappa shape index (κ3) is 6.15. The fourth-order valence-corrected chi connectivity index (χ4v) is 3.23. The number of nitrogens with zero attached hydrogens (tertiary/aromatic N) is 1. The SMILES string of the molecule is COC(=O)[C@H]1CC[C@H](OC[C@@H]2COCCN2C(=O)OC(C)(C)C)CC1. The number of ether oxygens (including phenoxy) is 4. The van der Waals surface area contributed by atoms with Crippen molar-refractivity contribution in [3.05, 3.63) is 0 Å². The lowest BCUT2D eigenvalue weighted by Gasteiger charge is -2.37. The van der Waals surface area contributed by atoms with E-state index in [-0.39, 0.29) is 30.1 Å². The van der Waals surface area contributed by atoms with Crippen molar-refractivity contribution in [3.8, 4) is 0 Å². The minimum atomic E-state index is -0.521. The number of morpholine rings is 1. The Hall–Kier alpha value is -1.34. The van der Waals surface area contributed by atoms with Crippen molar-refractivity contribution in [2.75, 3.05) is 33.5 Å². The highest BCUT2D eigenvalue weighted by Gasteiger charge is 2.33. The fraction of sp³-hybridized carbons (Fsp3) is 0.889. The van der Waals surface area contributed by atoms with Crippen molar-refractivity contribution in [1.29, 1.82) is 0 Å². The molecule has 2 fully saturated rings. The van der Waals surface area contributed by atoms with Crippen LogP contribution in [0.25, 0.3) is 0 Å². The maximum absolute atomic E-state index is 12.4. The molecule has 1 atom stereocenters. The van der Waals surface area contributed by atoms with Gasteiger partial charge < -0.3 is 18.9 Å². The first-order valence-electron chi connectivity index (χ1n) is 9.07. The average Bonchev–Trinajstić information content (AvgIpc) is 2.58. The van der Waals surface area contributed by atoms with Gasteiger partial charge >= 0.3 is 12.1 Å². The number of rotatable bonds is 4. The summed E-state index contributed by atoms with van der Waals surface area (Å²) < 4.78 is 21.8. The van der Waals surface area contributed by atoms with E-state index in [0.29, 0.717) is 26.4 Å². The summed E-state index contributed by atoms with van der Waals surface area (Å²) in [4.78, 5) is 25.6. The van der Waals surface area contributed by atoms with E-state index in [1.54, 1.807) is 4.90 Å². The molecule has 1 heterocycles. The summed E-state index contributed by atoms with van der Waals surface area (Å²) in [5.74, 6) is -0.142. The summed E-state index contributed by atoms with van der Waals surface area (Å²) in [6.45, 7) is 7.48. The minimum Gasteiger partial charge on any atom is -0.469 e. The van der Waals surface area contributed by atoms with Gasteiger partial charge in [-0.2, -0.15) is 0 Å². The number of carbonyl (C=O) groups is 2. The highest BCUT2D eigenvalue weighted by atomic mass is 16.6. The maximum Gasteiger partial charge on any atom is 0.410 e. The highest BCUT2D eigenvalue weighted by molar-refractivity contribution is 5.72. The summed E-state index contributed by atoms with van der Waals surface area (Å²) in [6, 6.07) is -0.137. The van der Waals surface area contributed by atoms with Crippen molar-refractivity contribution in [3.63, 3.8) is 0 Å². The Balaban J connectivity index is 1.80. The first-order valence-corrected chi connectivity index (χ1v) is 9.07. The number of carbonyl (C=O) groups excluding carboxylic acids is 2. The van der Waals surface area contributed by atoms with E-state index in [4.69, 9.17) is 18.9 Å². The zero-order valence-electron chi connectivity index (χ0n) is 15.8. The van der Waals surface area contributed by atoms with Gasteiger partial charge in [-0.1, -0.05) is 0 Å². The lowest BCUT2D eigenvalue weighted by molar-refractivity contribution is -0.147. The van der Waals surface area contributed by atoms with Crippen molar-refractivity contribution in [2.24, 2.45) is 5.92 Å². The standard InChI is InChI=1S/C18H31NO6/c1-18(2,3)25-17(21)19-9-10-23-11-14(19)12-24-15-7-5-13(6-8-15)16(20)22-4/h13-15H,5-12H2,1-4H3/t13-,14-,15-/m0/s1. The molecule has 0 N–H and O–H groups in total. The van der Waals surface area contributed by atoms with Gasteiger partial charge in [-0.25, -0.2) is 4.79 Å². The number of hydrogen-bond donors (Lipinski definition) is 0. The summed E-state index contributed by atoms with van der Waals surface area (Å²) >= 11 is 0. The van der Waals surface area contributed by atoms with Crippen LogP contribution in [-0.4, -0.2) is 68.2 Å². The molecule has 0 radical (unpaired) electrons. The zero-order chi connectivity index (χ0) is 18.4.